The minimum Gasteiger partial charge on any atom is -0.495 e. The van der Waals surface area contributed by atoms with E-state index < -0.39 is 0 Å². The maximum Gasteiger partial charge on any atom is 0.141 e. The predicted molar refractivity (Wildman–Crippen MR) is 61.1 cm³/mol. The van der Waals surface area contributed by atoms with Crippen LogP contribution in [0.5, 0.6) is 5.75 Å². The average Bonchev–Trinajstić information content (AvgIpc) is 2.26. The fraction of sp³-hybridized carbons (Fsp3) is 0.273. The SMILES string of the molecule is COc1ccccc1NC/C(C)=C/Cl. The van der Waals surface area contributed by atoms with Crippen LogP contribution in [0.25, 0.3) is 0 Å². The minimum absolute atomic E-state index is 0.726. The van der Waals surface area contributed by atoms with Crippen molar-refractivity contribution in [2.24, 2.45) is 0 Å². The zero-order valence-electron chi connectivity index (χ0n) is 8.38. The lowest BCUT2D eigenvalue weighted by molar-refractivity contribution is 0.416. The molecule has 14 heavy (non-hydrogen) atoms. The third-order valence-corrected chi connectivity index (χ3v) is 2.22. The fourth-order valence-corrected chi connectivity index (χ4v) is 1.14. The van der Waals surface area contributed by atoms with E-state index in [1.54, 1.807) is 12.6 Å². The summed E-state index contributed by atoms with van der Waals surface area (Å²) in [5.74, 6) is 0.842. The molecule has 1 N–H and O–H groups in total. The molecule has 76 valence electrons. The Morgan fingerprint density at radius 2 is 2.21 bits per heavy atom. The van der Waals surface area contributed by atoms with Crippen molar-refractivity contribution in [3.8, 4) is 5.75 Å². The van der Waals surface area contributed by atoms with Crippen molar-refractivity contribution >= 4 is 17.3 Å². The molecule has 0 saturated carbocycles. The Morgan fingerprint density at radius 1 is 1.50 bits per heavy atom. The van der Waals surface area contributed by atoms with Crippen LogP contribution in [0, 0.1) is 0 Å². The molecule has 0 bridgehead atoms. The molecular weight excluding hydrogens is 198 g/mol. The van der Waals surface area contributed by atoms with Gasteiger partial charge in [-0.3, -0.25) is 0 Å². The molecular formula is C11H14ClNO. The number of anilines is 1. The van der Waals surface area contributed by atoms with Gasteiger partial charge in [-0.1, -0.05) is 23.7 Å². The number of methoxy groups -OCH3 is 1. The second kappa shape index (κ2) is 5.55. The quantitative estimate of drug-likeness (QED) is 0.826. The Balaban J connectivity index is 2.66. The molecule has 0 aliphatic carbocycles. The van der Waals surface area contributed by atoms with E-state index in [-0.39, 0.29) is 0 Å². The van der Waals surface area contributed by atoms with Gasteiger partial charge in [-0.15, -0.1) is 0 Å². The molecule has 0 radical (unpaired) electrons. The van der Waals surface area contributed by atoms with Crippen LogP contribution in [0.1, 0.15) is 6.92 Å². The van der Waals surface area contributed by atoms with Crippen LogP contribution in [-0.2, 0) is 0 Å². The number of ether oxygens (including phenoxy) is 1. The molecule has 0 heterocycles. The lowest BCUT2D eigenvalue weighted by atomic mass is 10.2. The molecule has 0 spiro atoms. The molecule has 1 aromatic rings. The first-order chi connectivity index (χ1) is 6.77. The molecule has 0 saturated heterocycles. The highest BCUT2D eigenvalue weighted by Crippen LogP contribution is 2.22. The van der Waals surface area contributed by atoms with Gasteiger partial charge in [0.2, 0.25) is 0 Å². The van der Waals surface area contributed by atoms with Gasteiger partial charge in [-0.2, -0.15) is 0 Å². The van der Waals surface area contributed by atoms with Gasteiger partial charge < -0.3 is 10.1 Å². The summed E-state index contributed by atoms with van der Waals surface area (Å²) in [4.78, 5) is 0. The van der Waals surface area contributed by atoms with Gasteiger partial charge in [-0.25, -0.2) is 0 Å². The van der Waals surface area contributed by atoms with Crippen molar-refractivity contribution in [1.29, 1.82) is 0 Å². The number of rotatable bonds is 4. The molecule has 3 heteroatoms. The van der Waals surface area contributed by atoms with E-state index in [1.807, 2.05) is 31.2 Å². The van der Waals surface area contributed by atoms with Crippen molar-refractivity contribution in [2.75, 3.05) is 19.0 Å². The normalized spacial score (nSPS) is 11.2. The number of benzene rings is 1. The summed E-state index contributed by atoms with van der Waals surface area (Å²) in [6, 6.07) is 7.79. The van der Waals surface area contributed by atoms with E-state index in [2.05, 4.69) is 5.32 Å². The van der Waals surface area contributed by atoms with Crippen molar-refractivity contribution in [1.82, 2.24) is 0 Å². The summed E-state index contributed by atoms with van der Waals surface area (Å²) in [6.07, 6.45) is 0. The topological polar surface area (TPSA) is 21.3 Å². The summed E-state index contributed by atoms with van der Waals surface area (Å²) in [5, 5.41) is 3.24. The van der Waals surface area contributed by atoms with E-state index >= 15 is 0 Å². The van der Waals surface area contributed by atoms with Crippen LogP contribution in [0.15, 0.2) is 35.4 Å². The Morgan fingerprint density at radius 3 is 2.86 bits per heavy atom. The largest absolute Gasteiger partial charge is 0.495 e. The standard InChI is InChI=1S/C11H14ClNO/c1-9(7-12)8-13-10-5-3-4-6-11(10)14-2/h3-7,13H,8H2,1-2H3/b9-7+. The van der Waals surface area contributed by atoms with Crippen molar-refractivity contribution in [3.05, 3.63) is 35.4 Å². The zero-order valence-corrected chi connectivity index (χ0v) is 9.14. The van der Waals surface area contributed by atoms with Gasteiger partial charge in [0, 0.05) is 12.1 Å². The van der Waals surface area contributed by atoms with Crippen LogP contribution in [-0.4, -0.2) is 13.7 Å². The van der Waals surface area contributed by atoms with Crippen LogP contribution in [0.3, 0.4) is 0 Å². The van der Waals surface area contributed by atoms with Crippen molar-refractivity contribution in [3.63, 3.8) is 0 Å². The molecule has 0 amide bonds. The van der Waals surface area contributed by atoms with Gasteiger partial charge in [0.15, 0.2) is 0 Å². The summed E-state index contributed by atoms with van der Waals surface area (Å²) >= 11 is 5.56. The fourth-order valence-electron chi connectivity index (χ4n) is 1.06. The van der Waals surface area contributed by atoms with Crippen molar-refractivity contribution in [2.45, 2.75) is 6.92 Å². The summed E-state index contributed by atoms with van der Waals surface area (Å²) in [7, 11) is 1.66. The number of hydrogen-bond acceptors (Lipinski definition) is 2. The first kappa shape index (κ1) is 10.9. The summed E-state index contributed by atoms with van der Waals surface area (Å²) in [6.45, 7) is 2.69. The molecule has 0 unspecified atom stereocenters. The Kier molecular flexibility index (Phi) is 4.33. The van der Waals surface area contributed by atoms with Crippen LogP contribution in [0.4, 0.5) is 5.69 Å². The predicted octanol–water partition coefficient (Wildman–Crippen LogP) is 3.25. The average molecular weight is 212 g/mol. The Labute approximate surface area is 89.5 Å². The highest BCUT2D eigenvalue weighted by Gasteiger charge is 1.99. The molecule has 0 aliphatic heterocycles. The van der Waals surface area contributed by atoms with Crippen LogP contribution < -0.4 is 10.1 Å². The lowest BCUT2D eigenvalue weighted by Gasteiger charge is -2.10. The molecule has 1 aromatic carbocycles. The highest BCUT2D eigenvalue weighted by molar-refractivity contribution is 6.25. The molecule has 0 aromatic heterocycles. The first-order valence-electron chi connectivity index (χ1n) is 4.40. The van der Waals surface area contributed by atoms with Crippen molar-refractivity contribution < 1.29 is 4.74 Å². The second-order valence-electron chi connectivity index (χ2n) is 3.01. The van der Waals surface area contributed by atoms with Gasteiger partial charge in [0.05, 0.1) is 12.8 Å². The zero-order chi connectivity index (χ0) is 10.4. The van der Waals surface area contributed by atoms with Gasteiger partial charge >= 0.3 is 0 Å². The van der Waals surface area contributed by atoms with E-state index in [1.165, 1.54) is 0 Å². The molecule has 0 fully saturated rings. The molecule has 2 nitrogen and oxygen atoms in total. The van der Waals surface area contributed by atoms with Crippen LogP contribution >= 0.6 is 11.6 Å². The molecule has 1 rings (SSSR count). The molecule has 0 atom stereocenters. The maximum atomic E-state index is 5.56. The third-order valence-electron chi connectivity index (χ3n) is 1.85. The Bertz CT molecular complexity index is 323. The van der Waals surface area contributed by atoms with E-state index in [0.29, 0.717) is 0 Å². The van der Waals surface area contributed by atoms with Gasteiger partial charge in [-0.05, 0) is 24.6 Å². The van der Waals surface area contributed by atoms with E-state index in [0.717, 1.165) is 23.6 Å². The van der Waals surface area contributed by atoms with Crippen LogP contribution in [0.2, 0.25) is 0 Å². The smallest absolute Gasteiger partial charge is 0.141 e. The first-order valence-corrected chi connectivity index (χ1v) is 4.84. The minimum atomic E-state index is 0.726. The summed E-state index contributed by atoms with van der Waals surface area (Å²) < 4.78 is 5.20. The lowest BCUT2D eigenvalue weighted by Crippen LogP contribution is -2.03. The Hall–Kier alpha value is -1.15. The second-order valence-corrected chi connectivity index (χ2v) is 3.23. The summed E-state index contributed by atoms with van der Waals surface area (Å²) in [5.41, 5.74) is 3.63. The monoisotopic (exact) mass is 211 g/mol. The van der Waals surface area contributed by atoms with E-state index in [9.17, 15) is 0 Å². The highest BCUT2D eigenvalue weighted by atomic mass is 35.5. The number of nitrogens with one attached hydrogen (secondary N) is 1. The van der Waals surface area contributed by atoms with E-state index in [4.69, 9.17) is 16.3 Å². The number of hydrogen-bond donors (Lipinski definition) is 1. The van der Waals surface area contributed by atoms with Gasteiger partial charge in [0.25, 0.3) is 0 Å². The van der Waals surface area contributed by atoms with Gasteiger partial charge in [0.1, 0.15) is 5.75 Å². The molecule has 0 aliphatic rings. The number of halogens is 1. The number of para-hydroxylation sites is 2. The maximum absolute atomic E-state index is 5.56. The third kappa shape index (κ3) is 2.96.